The highest BCUT2D eigenvalue weighted by Gasteiger charge is 2.33. The fraction of sp³-hybridized carbons (Fsp3) is 0.643. The van der Waals surface area contributed by atoms with Crippen LogP contribution in [0.2, 0.25) is 0 Å². The molecule has 1 saturated carbocycles. The van der Waals surface area contributed by atoms with Crippen LogP contribution >= 0.6 is 0 Å². The van der Waals surface area contributed by atoms with E-state index in [2.05, 4.69) is 12.2 Å². The molecule has 0 spiro atoms. The van der Waals surface area contributed by atoms with Gasteiger partial charge in [-0.15, -0.1) is 0 Å². The van der Waals surface area contributed by atoms with Gasteiger partial charge in [0.25, 0.3) is 0 Å². The summed E-state index contributed by atoms with van der Waals surface area (Å²) in [6.45, 7) is 2.78. The highest BCUT2D eigenvalue weighted by Crippen LogP contribution is 2.31. The average Bonchev–Trinajstić information content (AvgIpc) is 2.88. The summed E-state index contributed by atoms with van der Waals surface area (Å²) >= 11 is 0. The molecular formula is C14H21NO4. The van der Waals surface area contributed by atoms with Crippen molar-refractivity contribution in [2.45, 2.75) is 44.7 Å². The summed E-state index contributed by atoms with van der Waals surface area (Å²) < 4.78 is 5.20. The van der Waals surface area contributed by atoms with Crippen molar-refractivity contribution < 1.29 is 19.4 Å². The third-order valence-corrected chi connectivity index (χ3v) is 4.04. The Kier molecular flexibility index (Phi) is 4.27. The number of rotatable bonds is 5. The molecule has 0 saturated heterocycles. The fourth-order valence-electron chi connectivity index (χ4n) is 2.57. The van der Waals surface area contributed by atoms with Crippen LogP contribution in [-0.2, 0) is 6.54 Å². The van der Waals surface area contributed by atoms with Crippen LogP contribution in [0.25, 0.3) is 0 Å². The Morgan fingerprint density at radius 1 is 1.47 bits per heavy atom. The Balaban J connectivity index is 1.93. The van der Waals surface area contributed by atoms with E-state index in [4.69, 9.17) is 9.52 Å². The lowest BCUT2D eigenvalue weighted by Gasteiger charge is -2.38. The molecule has 1 aromatic rings. The normalized spacial score (nSPS) is 27.4. The third kappa shape index (κ3) is 3.36. The van der Waals surface area contributed by atoms with E-state index in [1.807, 2.05) is 0 Å². The molecule has 106 valence electrons. The predicted molar refractivity (Wildman–Crippen MR) is 70.0 cm³/mol. The van der Waals surface area contributed by atoms with Crippen molar-refractivity contribution in [3.8, 4) is 0 Å². The number of furan rings is 1. The first kappa shape index (κ1) is 14.1. The molecular weight excluding hydrogens is 246 g/mol. The van der Waals surface area contributed by atoms with Crippen LogP contribution < -0.4 is 5.32 Å². The molecule has 1 fully saturated rings. The van der Waals surface area contributed by atoms with E-state index in [1.165, 1.54) is 6.07 Å². The Labute approximate surface area is 112 Å². The molecule has 0 unspecified atom stereocenters. The highest BCUT2D eigenvalue weighted by atomic mass is 16.4. The first-order valence-corrected chi connectivity index (χ1v) is 6.72. The van der Waals surface area contributed by atoms with Crippen molar-refractivity contribution >= 4 is 5.97 Å². The summed E-state index contributed by atoms with van der Waals surface area (Å²) in [4.78, 5) is 10.7. The quantitative estimate of drug-likeness (QED) is 0.760. The summed E-state index contributed by atoms with van der Waals surface area (Å²) in [5.41, 5.74) is -0.247. The van der Waals surface area contributed by atoms with Gasteiger partial charge in [-0.3, -0.25) is 0 Å². The maximum Gasteiger partial charge on any atom is 0.371 e. The van der Waals surface area contributed by atoms with E-state index >= 15 is 0 Å². The van der Waals surface area contributed by atoms with Crippen LogP contribution in [0.4, 0.5) is 0 Å². The molecule has 0 bridgehead atoms. The lowest BCUT2D eigenvalue weighted by atomic mass is 9.77. The SMILES string of the molecule is CC1CCC(CO)(NCc2ccc(C(=O)O)o2)CC1. The number of carboxylic acid groups (broad SMARTS) is 1. The van der Waals surface area contributed by atoms with E-state index in [9.17, 15) is 9.90 Å². The lowest BCUT2D eigenvalue weighted by molar-refractivity contribution is 0.0658. The highest BCUT2D eigenvalue weighted by molar-refractivity contribution is 5.84. The van der Waals surface area contributed by atoms with Crippen molar-refractivity contribution in [2.75, 3.05) is 6.61 Å². The summed E-state index contributed by atoms with van der Waals surface area (Å²) in [5.74, 6) is 0.189. The number of carbonyl (C=O) groups is 1. The molecule has 1 aliphatic carbocycles. The second-order valence-corrected chi connectivity index (χ2v) is 5.55. The van der Waals surface area contributed by atoms with Gasteiger partial charge in [0.15, 0.2) is 0 Å². The van der Waals surface area contributed by atoms with E-state index in [0.717, 1.165) is 25.7 Å². The fourth-order valence-corrected chi connectivity index (χ4v) is 2.57. The Hall–Kier alpha value is -1.33. The number of carboxylic acids is 1. The topological polar surface area (TPSA) is 82.7 Å². The first-order chi connectivity index (χ1) is 9.04. The Morgan fingerprint density at radius 3 is 2.68 bits per heavy atom. The van der Waals surface area contributed by atoms with E-state index in [-0.39, 0.29) is 17.9 Å². The number of aliphatic hydroxyl groups excluding tert-OH is 1. The molecule has 5 heteroatoms. The Morgan fingerprint density at radius 2 is 2.16 bits per heavy atom. The van der Waals surface area contributed by atoms with Gasteiger partial charge < -0.3 is 19.9 Å². The predicted octanol–water partition coefficient (Wildman–Crippen LogP) is 2.01. The number of nitrogens with one attached hydrogen (secondary N) is 1. The number of hydrogen-bond acceptors (Lipinski definition) is 4. The van der Waals surface area contributed by atoms with Gasteiger partial charge in [0.05, 0.1) is 13.2 Å². The molecule has 1 heterocycles. The molecule has 1 aliphatic rings. The minimum atomic E-state index is -1.06. The molecule has 19 heavy (non-hydrogen) atoms. The van der Waals surface area contributed by atoms with Gasteiger partial charge in [0, 0.05) is 5.54 Å². The molecule has 5 nitrogen and oxygen atoms in total. The molecule has 0 aromatic carbocycles. The van der Waals surface area contributed by atoms with E-state index in [1.54, 1.807) is 6.07 Å². The standard InChI is InChI=1S/C14H21NO4/c1-10-4-6-14(9-16,7-5-10)15-8-11-2-3-12(19-11)13(17)18/h2-3,10,15-16H,4-9H2,1H3,(H,17,18). The summed E-state index contributed by atoms with van der Waals surface area (Å²) in [5, 5.41) is 21.7. The molecule has 3 N–H and O–H groups in total. The smallest absolute Gasteiger partial charge is 0.371 e. The van der Waals surface area contributed by atoms with Crippen molar-refractivity contribution in [3.05, 3.63) is 23.7 Å². The van der Waals surface area contributed by atoms with Crippen LogP contribution in [0.15, 0.2) is 16.5 Å². The molecule has 0 aliphatic heterocycles. The molecule has 2 rings (SSSR count). The molecule has 0 atom stereocenters. The number of aliphatic hydroxyl groups is 1. The van der Waals surface area contributed by atoms with Crippen molar-refractivity contribution in [1.82, 2.24) is 5.32 Å². The summed E-state index contributed by atoms with van der Waals surface area (Å²) in [7, 11) is 0. The van der Waals surface area contributed by atoms with Gasteiger partial charge in [0.1, 0.15) is 5.76 Å². The monoisotopic (exact) mass is 267 g/mol. The minimum Gasteiger partial charge on any atom is -0.475 e. The average molecular weight is 267 g/mol. The summed E-state index contributed by atoms with van der Waals surface area (Å²) in [6.07, 6.45) is 4.09. The van der Waals surface area contributed by atoms with Gasteiger partial charge in [0.2, 0.25) is 5.76 Å². The third-order valence-electron chi connectivity index (χ3n) is 4.04. The number of aromatic carboxylic acids is 1. The zero-order chi connectivity index (χ0) is 13.9. The first-order valence-electron chi connectivity index (χ1n) is 6.72. The molecule has 0 radical (unpaired) electrons. The lowest BCUT2D eigenvalue weighted by Crippen LogP contribution is -2.50. The second kappa shape index (κ2) is 5.75. The van der Waals surface area contributed by atoms with E-state index < -0.39 is 5.97 Å². The molecule has 1 aromatic heterocycles. The second-order valence-electron chi connectivity index (χ2n) is 5.55. The zero-order valence-electron chi connectivity index (χ0n) is 11.2. The van der Waals surface area contributed by atoms with Gasteiger partial charge >= 0.3 is 5.97 Å². The summed E-state index contributed by atoms with van der Waals surface area (Å²) in [6, 6.07) is 3.11. The van der Waals surface area contributed by atoms with Crippen LogP contribution in [0, 0.1) is 5.92 Å². The largest absolute Gasteiger partial charge is 0.475 e. The maximum atomic E-state index is 10.7. The van der Waals surface area contributed by atoms with Crippen LogP contribution in [-0.4, -0.2) is 28.3 Å². The van der Waals surface area contributed by atoms with Crippen molar-refractivity contribution in [1.29, 1.82) is 0 Å². The van der Waals surface area contributed by atoms with Gasteiger partial charge in [-0.2, -0.15) is 0 Å². The van der Waals surface area contributed by atoms with Crippen molar-refractivity contribution in [2.24, 2.45) is 5.92 Å². The van der Waals surface area contributed by atoms with Gasteiger partial charge in [-0.1, -0.05) is 6.92 Å². The van der Waals surface area contributed by atoms with Crippen LogP contribution in [0.1, 0.15) is 48.9 Å². The zero-order valence-corrected chi connectivity index (χ0v) is 11.2. The van der Waals surface area contributed by atoms with Crippen molar-refractivity contribution in [3.63, 3.8) is 0 Å². The van der Waals surface area contributed by atoms with Gasteiger partial charge in [-0.05, 0) is 43.7 Å². The van der Waals surface area contributed by atoms with Crippen LogP contribution in [0.3, 0.4) is 0 Å². The van der Waals surface area contributed by atoms with Crippen LogP contribution in [0.5, 0.6) is 0 Å². The maximum absolute atomic E-state index is 10.7. The minimum absolute atomic E-state index is 0.0490. The Bertz CT molecular complexity index is 432. The number of hydrogen-bond donors (Lipinski definition) is 3. The van der Waals surface area contributed by atoms with E-state index in [0.29, 0.717) is 18.2 Å². The van der Waals surface area contributed by atoms with Gasteiger partial charge in [-0.25, -0.2) is 4.79 Å². The molecule has 0 amide bonds.